The van der Waals surface area contributed by atoms with E-state index in [9.17, 15) is 4.79 Å². The number of fused-ring (bicyclic) bond motifs is 1. The summed E-state index contributed by atoms with van der Waals surface area (Å²) in [6, 6.07) is 3.89. The molecule has 1 aromatic carbocycles. The average Bonchev–Trinajstić information content (AvgIpc) is 2.78. The third kappa shape index (κ3) is 2.44. The molecule has 0 radical (unpaired) electrons. The van der Waals surface area contributed by atoms with E-state index < -0.39 is 0 Å². The summed E-state index contributed by atoms with van der Waals surface area (Å²) in [5.74, 6) is 0.0318. The van der Waals surface area contributed by atoms with E-state index in [0.717, 1.165) is 55.3 Å². The monoisotopic (exact) mass is 276 g/mol. The maximum Gasteiger partial charge on any atom is 0.228 e. The molecule has 2 aliphatic rings. The largest absolute Gasteiger partial charge is 0.397 e. The van der Waals surface area contributed by atoms with Crippen molar-refractivity contribution in [2.45, 2.75) is 6.42 Å². The predicted octanol–water partition coefficient (Wildman–Crippen LogP) is -0.122. The number of benzene rings is 1. The number of rotatable bonds is 3. The number of β-amino-alcohol motifs (C(OH)–C–C–N with tert-alkyl or cyclic N) is 1. The van der Waals surface area contributed by atoms with Crippen molar-refractivity contribution in [2.75, 3.05) is 55.3 Å². The van der Waals surface area contributed by atoms with E-state index in [4.69, 9.17) is 10.8 Å². The van der Waals surface area contributed by atoms with Crippen LogP contribution in [0.25, 0.3) is 0 Å². The molecule has 0 spiro atoms. The maximum absolute atomic E-state index is 11.4. The lowest BCUT2D eigenvalue weighted by molar-refractivity contribution is -0.115. The van der Waals surface area contributed by atoms with Crippen LogP contribution in [0, 0.1) is 0 Å². The van der Waals surface area contributed by atoms with Crippen molar-refractivity contribution in [3.8, 4) is 0 Å². The smallest absolute Gasteiger partial charge is 0.228 e. The van der Waals surface area contributed by atoms with Crippen molar-refractivity contribution in [1.29, 1.82) is 0 Å². The molecule has 2 heterocycles. The van der Waals surface area contributed by atoms with Crippen molar-refractivity contribution < 1.29 is 9.90 Å². The normalized spacial score (nSPS) is 19.1. The van der Waals surface area contributed by atoms with Crippen LogP contribution in [0.1, 0.15) is 5.56 Å². The van der Waals surface area contributed by atoms with Gasteiger partial charge in [-0.2, -0.15) is 0 Å². The van der Waals surface area contributed by atoms with Gasteiger partial charge in [-0.15, -0.1) is 0 Å². The van der Waals surface area contributed by atoms with Crippen LogP contribution in [-0.4, -0.2) is 55.2 Å². The number of hydrogen-bond acceptors (Lipinski definition) is 5. The molecule has 6 heteroatoms. The Morgan fingerprint density at radius 1 is 1.25 bits per heavy atom. The van der Waals surface area contributed by atoms with Crippen LogP contribution in [-0.2, 0) is 11.2 Å². The standard InChI is InChI=1S/C14H20N4O2/c15-11-7-10-8-14(20)16-12(10)9-13(11)18-3-1-17(2-4-18)5-6-19/h7,9,19H,1-6,8,15H2,(H,16,20). The lowest BCUT2D eigenvalue weighted by atomic mass is 10.1. The number of carbonyl (C=O) groups is 1. The molecular formula is C14H20N4O2. The lowest BCUT2D eigenvalue weighted by Crippen LogP contribution is -2.47. The molecule has 4 N–H and O–H groups in total. The highest BCUT2D eigenvalue weighted by molar-refractivity contribution is 6.00. The van der Waals surface area contributed by atoms with Crippen LogP contribution >= 0.6 is 0 Å². The Labute approximate surface area is 118 Å². The SMILES string of the molecule is Nc1cc2c(cc1N1CCN(CCO)CC1)NC(=O)C2. The molecule has 0 atom stereocenters. The third-order valence-electron chi connectivity index (χ3n) is 4.01. The molecule has 0 bridgehead atoms. The van der Waals surface area contributed by atoms with Crippen LogP contribution in [0.4, 0.5) is 17.1 Å². The van der Waals surface area contributed by atoms with Gasteiger partial charge in [-0.25, -0.2) is 0 Å². The molecule has 1 aromatic rings. The number of nitrogen functional groups attached to an aromatic ring is 1. The zero-order valence-corrected chi connectivity index (χ0v) is 11.4. The van der Waals surface area contributed by atoms with E-state index in [-0.39, 0.29) is 12.5 Å². The Bertz CT molecular complexity index is 524. The second-order valence-corrected chi connectivity index (χ2v) is 5.35. The van der Waals surface area contributed by atoms with Gasteiger partial charge < -0.3 is 21.1 Å². The van der Waals surface area contributed by atoms with Crippen molar-refractivity contribution in [2.24, 2.45) is 0 Å². The average molecular weight is 276 g/mol. The van der Waals surface area contributed by atoms with E-state index in [1.807, 2.05) is 12.1 Å². The van der Waals surface area contributed by atoms with Crippen molar-refractivity contribution >= 4 is 23.0 Å². The van der Waals surface area contributed by atoms with Crippen LogP contribution in [0.3, 0.4) is 0 Å². The van der Waals surface area contributed by atoms with Gasteiger partial charge in [0.15, 0.2) is 0 Å². The Morgan fingerprint density at radius 3 is 2.70 bits per heavy atom. The van der Waals surface area contributed by atoms with Gasteiger partial charge in [0.05, 0.1) is 24.4 Å². The first-order chi connectivity index (χ1) is 9.67. The van der Waals surface area contributed by atoms with Gasteiger partial charge in [0.1, 0.15) is 0 Å². The number of aliphatic hydroxyl groups is 1. The summed E-state index contributed by atoms with van der Waals surface area (Å²) in [4.78, 5) is 15.9. The van der Waals surface area contributed by atoms with Gasteiger partial charge in [-0.05, 0) is 17.7 Å². The molecular weight excluding hydrogens is 256 g/mol. The summed E-state index contributed by atoms with van der Waals surface area (Å²) in [6.45, 7) is 4.54. The summed E-state index contributed by atoms with van der Waals surface area (Å²) < 4.78 is 0. The van der Waals surface area contributed by atoms with Crippen LogP contribution in [0.2, 0.25) is 0 Å². The summed E-state index contributed by atoms with van der Waals surface area (Å²) in [5, 5.41) is 11.8. The van der Waals surface area contributed by atoms with Crippen molar-refractivity contribution in [3.63, 3.8) is 0 Å². The Morgan fingerprint density at radius 2 is 2.00 bits per heavy atom. The fourth-order valence-corrected chi connectivity index (χ4v) is 2.91. The predicted molar refractivity (Wildman–Crippen MR) is 78.9 cm³/mol. The molecule has 1 saturated heterocycles. The number of carbonyl (C=O) groups excluding carboxylic acids is 1. The zero-order chi connectivity index (χ0) is 14.1. The highest BCUT2D eigenvalue weighted by Gasteiger charge is 2.23. The number of anilines is 3. The molecule has 0 saturated carbocycles. The Balaban J connectivity index is 1.75. The molecule has 0 unspecified atom stereocenters. The number of amides is 1. The second-order valence-electron chi connectivity index (χ2n) is 5.35. The molecule has 6 nitrogen and oxygen atoms in total. The molecule has 3 rings (SSSR count). The van der Waals surface area contributed by atoms with Gasteiger partial charge in [0, 0.05) is 38.4 Å². The first-order valence-electron chi connectivity index (χ1n) is 6.98. The highest BCUT2D eigenvalue weighted by atomic mass is 16.3. The van der Waals surface area contributed by atoms with Crippen molar-refractivity contribution in [3.05, 3.63) is 17.7 Å². The maximum atomic E-state index is 11.4. The third-order valence-corrected chi connectivity index (χ3v) is 4.01. The van der Waals surface area contributed by atoms with E-state index in [0.29, 0.717) is 6.42 Å². The number of hydrogen-bond donors (Lipinski definition) is 3. The number of nitrogens with one attached hydrogen (secondary N) is 1. The first kappa shape index (κ1) is 13.2. The van der Waals surface area contributed by atoms with E-state index in [2.05, 4.69) is 15.1 Å². The Kier molecular flexibility index (Phi) is 3.50. The number of nitrogens with zero attached hydrogens (tertiary/aromatic N) is 2. The quantitative estimate of drug-likeness (QED) is 0.670. The second kappa shape index (κ2) is 5.30. The molecule has 20 heavy (non-hydrogen) atoms. The molecule has 0 aliphatic carbocycles. The minimum Gasteiger partial charge on any atom is -0.397 e. The van der Waals surface area contributed by atoms with Gasteiger partial charge in [0.2, 0.25) is 5.91 Å². The molecule has 2 aliphatic heterocycles. The summed E-state index contributed by atoms with van der Waals surface area (Å²) >= 11 is 0. The van der Waals surface area contributed by atoms with Crippen LogP contribution < -0.4 is 16.0 Å². The van der Waals surface area contributed by atoms with E-state index in [1.54, 1.807) is 0 Å². The molecule has 1 fully saturated rings. The number of nitrogens with two attached hydrogens (primary N) is 1. The van der Waals surface area contributed by atoms with E-state index >= 15 is 0 Å². The van der Waals surface area contributed by atoms with Crippen molar-refractivity contribution in [1.82, 2.24) is 4.90 Å². The zero-order valence-electron chi connectivity index (χ0n) is 11.4. The first-order valence-corrected chi connectivity index (χ1v) is 6.98. The van der Waals surface area contributed by atoms with Gasteiger partial charge >= 0.3 is 0 Å². The van der Waals surface area contributed by atoms with Crippen LogP contribution in [0.5, 0.6) is 0 Å². The summed E-state index contributed by atoms with van der Waals surface area (Å²) in [5.41, 5.74) is 9.72. The summed E-state index contributed by atoms with van der Waals surface area (Å²) in [6.07, 6.45) is 0.421. The highest BCUT2D eigenvalue weighted by Crippen LogP contribution is 2.34. The topological polar surface area (TPSA) is 81.8 Å². The van der Waals surface area contributed by atoms with E-state index in [1.165, 1.54) is 0 Å². The van der Waals surface area contributed by atoms with Gasteiger partial charge in [0.25, 0.3) is 0 Å². The summed E-state index contributed by atoms with van der Waals surface area (Å²) in [7, 11) is 0. The molecule has 1 amide bonds. The number of aliphatic hydroxyl groups excluding tert-OH is 1. The molecule has 108 valence electrons. The minimum absolute atomic E-state index is 0.0318. The lowest BCUT2D eigenvalue weighted by Gasteiger charge is -2.36. The van der Waals surface area contributed by atoms with Gasteiger partial charge in [-0.3, -0.25) is 9.69 Å². The molecule has 0 aromatic heterocycles. The fraction of sp³-hybridized carbons (Fsp3) is 0.500. The van der Waals surface area contributed by atoms with Crippen LogP contribution in [0.15, 0.2) is 12.1 Å². The van der Waals surface area contributed by atoms with Gasteiger partial charge in [-0.1, -0.05) is 0 Å². The number of piperazine rings is 1. The fourth-order valence-electron chi connectivity index (χ4n) is 2.91. The Hall–Kier alpha value is -1.79. The minimum atomic E-state index is 0.0318.